The van der Waals surface area contributed by atoms with Gasteiger partial charge < -0.3 is 4.57 Å². The lowest BCUT2D eigenvalue weighted by atomic mass is 10.2. The zero-order chi connectivity index (χ0) is 10.3. The van der Waals surface area contributed by atoms with Crippen LogP contribution >= 0.6 is 0 Å². The van der Waals surface area contributed by atoms with E-state index in [2.05, 4.69) is 36.5 Å². The molecule has 0 spiro atoms. The van der Waals surface area contributed by atoms with Gasteiger partial charge in [0.2, 0.25) is 0 Å². The highest BCUT2D eigenvalue weighted by Crippen LogP contribution is 2.11. The molecular weight excluding hydrogens is 160 g/mol. The minimum Gasteiger partial charge on any atom is -0.335 e. The third kappa shape index (κ3) is 3.62. The van der Waals surface area contributed by atoms with E-state index < -0.39 is 0 Å². The predicted molar refractivity (Wildman–Crippen MR) is 58.0 cm³/mol. The van der Waals surface area contributed by atoms with Crippen LogP contribution in [0.3, 0.4) is 0 Å². The number of rotatable bonds is 3. The van der Waals surface area contributed by atoms with Crippen molar-refractivity contribution in [1.29, 1.82) is 0 Å². The predicted octanol–water partition coefficient (Wildman–Crippen LogP) is 3.44. The number of imidazole rings is 1. The third-order valence-electron chi connectivity index (χ3n) is 1.73. The molecule has 0 aliphatic heterocycles. The number of hydrogen-bond donors (Lipinski definition) is 0. The average molecular weight is 182 g/mol. The van der Waals surface area contributed by atoms with Gasteiger partial charge in [0.15, 0.2) is 0 Å². The lowest BCUT2D eigenvalue weighted by molar-refractivity contribution is 0.610. The number of nitrogens with zero attached hydrogens (tertiary/aromatic N) is 2. The van der Waals surface area contributed by atoms with E-state index in [0.717, 1.165) is 6.54 Å². The summed E-state index contributed by atoms with van der Waals surface area (Å²) in [5.74, 6) is 1.74. The van der Waals surface area contributed by atoms with Crippen molar-refractivity contribution < 1.29 is 0 Å². The molecule has 0 fully saturated rings. The second-order valence-corrected chi connectivity index (χ2v) is 3.13. The van der Waals surface area contributed by atoms with Crippen LogP contribution in [0.1, 0.15) is 52.8 Å². The fraction of sp³-hybridized carbons (Fsp3) is 0.727. The maximum absolute atomic E-state index is 4.30. The number of aryl methyl sites for hydroxylation is 1. The highest BCUT2D eigenvalue weighted by atomic mass is 15.1. The van der Waals surface area contributed by atoms with Crippen molar-refractivity contribution in [1.82, 2.24) is 9.55 Å². The topological polar surface area (TPSA) is 17.8 Å². The van der Waals surface area contributed by atoms with E-state index in [4.69, 9.17) is 0 Å². The van der Waals surface area contributed by atoms with Gasteiger partial charge in [-0.05, 0) is 6.42 Å². The Hall–Kier alpha value is -0.790. The molecule has 0 bridgehead atoms. The summed E-state index contributed by atoms with van der Waals surface area (Å²) in [6.45, 7) is 11.6. The van der Waals surface area contributed by atoms with Crippen LogP contribution in [0.25, 0.3) is 0 Å². The summed E-state index contributed by atoms with van der Waals surface area (Å²) in [4.78, 5) is 4.30. The maximum atomic E-state index is 4.30. The number of aromatic nitrogens is 2. The number of hydrogen-bond acceptors (Lipinski definition) is 1. The van der Waals surface area contributed by atoms with E-state index in [1.165, 1.54) is 12.2 Å². The summed E-state index contributed by atoms with van der Waals surface area (Å²) in [7, 11) is 0. The minimum atomic E-state index is 0.538. The Balaban J connectivity index is 0.000000671. The molecule has 0 N–H and O–H groups in total. The standard InChI is InChI=1S/C9H16N2.C2H6/c1-4-6-11-7-5-10-9(11)8(2)3;1-2/h5,7-8H,4,6H2,1-3H3;1-2H3. The third-order valence-corrected chi connectivity index (χ3v) is 1.73. The van der Waals surface area contributed by atoms with E-state index in [-0.39, 0.29) is 0 Å². The lowest BCUT2D eigenvalue weighted by Crippen LogP contribution is -2.03. The van der Waals surface area contributed by atoms with Gasteiger partial charge in [-0.3, -0.25) is 0 Å². The van der Waals surface area contributed by atoms with Gasteiger partial charge in [0.1, 0.15) is 5.82 Å². The van der Waals surface area contributed by atoms with Crippen molar-refractivity contribution in [2.24, 2.45) is 0 Å². The minimum absolute atomic E-state index is 0.538. The highest BCUT2D eigenvalue weighted by molar-refractivity contribution is 4.97. The van der Waals surface area contributed by atoms with E-state index in [9.17, 15) is 0 Å². The van der Waals surface area contributed by atoms with Crippen LogP contribution in [0, 0.1) is 0 Å². The van der Waals surface area contributed by atoms with Crippen molar-refractivity contribution in [2.45, 2.75) is 53.5 Å². The molecule has 0 amide bonds. The molecule has 0 aliphatic carbocycles. The molecule has 0 saturated carbocycles. The van der Waals surface area contributed by atoms with Crippen LogP contribution in [0.2, 0.25) is 0 Å². The van der Waals surface area contributed by atoms with Crippen LogP contribution in [0.5, 0.6) is 0 Å². The fourth-order valence-electron chi connectivity index (χ4n) is 1.25. The molecule has 1 aromatic heterocycles. The smallest absolute Gasteiger partial charge is 0.111 e. The molecule has 0 aromatic carbocycles. The molecule has 0 atom stereocenters. The van der Waals surface area contributed by atoms with Gasteiger partial charge in [0, 0.05) is 24.9 Å². The maximum Gasteiger partial charge on any atom is 0.111 e. The quantitative estimate of drug-likeness (QED) is 0.700. The first-order valence-corrected chi connectivity index (χ1v) is 5.26. The van der Waals surface area contributed by atoms with Crippen LogP contribution in [-0.4, -0.2) is 9.55 Å². The first kappa shape index (κ1) is 12.2. The molecule has 2 nitrogen and oxygen atoms in total. The van der Waals surface area contributed by atoms with Gasteiger partial charge in [-0.1, -0.05) is 34.6 Å². The average Bonchev–Trinajstić information content (AvgIpc) is 2.57. The molecular formula is C11H22N2. The Kier molecular flexibility index (Phi) is 6.29. The summed E-state index contributed by atoms with van der Waals surface area (Å²) in [5, 5.41) is 0. The molecule has 0 aliphatic rings. The second-order valence-electron chi connectivity index (χ2n) is 3.13. The van der Waals surface area contributed by atoms with E-state index in [1.807, 2.05) is 20.0 Å². The van der Waals surface area contributed by atoms with Crippen LogP contribution < -0.4 is 0 Å². The van der Waals surface area contributed by atoms with Gasteiger partial charge in [-0.2, -0.15) is 0 Å². The monoisotopic (exact) mass is 182 g/mol. The van der Waals surface area contributed by atoms with Crippen molar-refractivity contribution >= 4 is 0 Å². The Bertz CT molecular complexity index is 214. The Labute approximate surface area is 82.0 Å². The first-order valence-electron chi connectivity index (χ1n) is 5.26. The second kappa shape index (κ2) is 6.70. The van der Waals surface area contributed by atoms with E-state index >= 15 is 0 Å². The molecule has 1 heterocycles. The Morgan fingerprint density at radius 2 is 2.00 bits per heavy atom. The van der Waals surface area contributed by atoms with Gasteiger partial charge >= 0.3 is 0 Å². The summed E-state index contributed by atoms with van der Waals surface area (Å²) < 4.78 is 2.23. The SMILES string of the molecule is CC.CCCn1ccnc1C(C)C. The van der Waals surface area contributed by atoms with Crippen molar-refractivity contribution in [3.63, 3.8) is 0 Å². The largest absolute Gasteiger partial charge is 0.335 e. The van der Waals surface area contributed by atoms with Crippen LogP contribution in [0.4, 0.5) is 0 Å². The van der Waals surface area contributed by atoms with Gasteiger partial charge in [-0.15, -0.1) is 0 Å². The normalized spacial score (nSPS) is 9.69. The van der Waals surface area contributed by atoms with Gasteiger partial charge in [0.05, 0.1) is 0 Å². The molecule has 0 radical (unpaired) electrons. The molecule has 76 valence electrons. The summed E-state index contributed by atoms with van der Waals surface area (Å²) in [6, 6.07) is 0. The molecule has 0 unspecified atom stereocenters. The van der Waals surface area contributed by atoms with Gasteiger partial charge in [-0.25, -0.2) is 4.98 Å². The Morgan fingerprint density at radius 3 is 2.46 bits per heavy atom. The summed E-state index contributed by atoms with van der Waals surface area (Å²) >= 11 is 0. The zero-order valence-corrected chi connectivity index (χ0v) is 9.54. The van der Waals surface area contributed by atoms with Gasteiger partial charge in [0.25, 0.3) is 0 Å². The van der Waals surface area contributed by atoms with E-state index in [1.54, 1.807) is 0 Å². The Morgan fingerprint density at radius 1 is 1.38 bits per heavy atom. The molecule has 0 saturated heterocycles. The van der Waals surface area contributed by atoms with Crippen molar-refractivity contribution in [3.8, 4) is 0 Å². The summed E-state index contributed by atoms with van der Waals surface area (Å²) in [6.07, 6.45) is 5.11. The highest BCUT2D eigenvalue weighted by Gasteiger charge is 2.04. The van der Waals surface area contributed by atoms with Crippen LogP contribution in [-0.2, 0) is 6.54 Å². The van der Waals surface area contributed by atoms with Crippen molar-refractivity contribution in [3.05, 3.63) is 18.2 Å². The lowest BCUT2D eigenvalue weighted by Gasteiger charge is -2.07. The van der Waals surface area contributed by atoms with Crippen molar-refractivity contribution in [2.75, 3.05) is 0 Å². The summed E-state index contributed by atoms with van der Waals surface area (Å²) in [5.41, 5.74) is 0. The molecule has 2 heteroatoms. The first-order chi connectivity index (χ1) is 6.25. The molecule has 13 heavy (non-hydrogen) atoms. The fourth-order valence-corrected chi connectivity index (χ4v) is 1.25. The zero-order valence-electron chi connectivity index (χ0n) is 9.54. The molecule has 1 rings (SSSR count). The van der Waals surface area contributed by atoms with E-state index in [0.29, 0.717) is 5.92 Å². The van der Waals surface area contributed by atoms with Crippen LogP contribution in [0.15, 0.2) is 12.4 Å². The molecule has 1 aromatic rings.